The summed E-state index contributed by atoms with van der Waals surface area (Å²) in [7, 11) is 0. The van der Waals surface area contributed by atoms with Crippen LogP contribution in [-0.4, -0.2) is 4.98 Å². The van der Waals surface area contributed by atoms with Crippen molar-refractivity contribution in [1.29, 1.82) is 0 Å². The molecule has 0 radical (unpaired) electrons. The fourth-order valence-electron chi connectivity index (χ4n) is 1.79. The minimum atomic E-state index is -0.00361. The maximum absolute atomic E-state index is 6.23. The van der Waals surface area contributed by atoms with E-state index in [0.717, 1.165) is 11.3 Å². The van der Waals surface area contributed by atoms with Crippen molar-refractivity contribution in [2.24, 2.45) is 5.73 Å². The summed E-state index contributed by atoms with van der Waals surface area (Å²) in [6.45, 7) is 2.11. The normalized spacial score (nSPS) is 14.4. The highest BCUT2D eigenvalue weighted by Crippen LogP contribution is 2.26. The van der Waals surface area contributed by atoms with E-state index in [2.05, 4.69) is 24.0 Å². The van der Waals surface area contributed by atoms with Crippen LogP contribution < -0.4 is 5.73 Å². The first-order valence-corrected chi connectivity index (χ1v) is 5.50. The first-order valence-electron chi connectivity index (χ1n) is 5.50. The van der Waals surface area contributed by atoms with E-state index in [1.54, 1.807) is 0 Å². The van der Waals surface area contributed by atoms with Gasteiger partial charge in [-0.2, -0.15) is 0 Å². The maximum atomic E-state index is 6.23. The first kappa shape index (κ1) is 10.8. The predicted molar refractivity (Wildman–Crippen MR) is 66.0 cm³/mol. The molecule has 16 heavy (non-hydrogen) atoms. The van der Waals surface area contributed by atoms with Gasteiger partial charge < -0.3 is 5.73 Å². The number of nitrogens with two attached hydrogens (primary N) is 1. The van der Waals surface area contributed by atoms with Gasteiger partial charge in [0.25, 0.3) is 0 Å². The number of hydrogen-bond donors (Lipinski definition) is 1. The zero-order valence-electron chi connectivity index (χ0n) is 9.38. The zero-order valence-corrected chi connectivity index (χ0v) is 9.38. The van der Waals surface area contributed by atoms with Gasteiger partial charge in [-0.3, -0.25) is 4.98 Å². The van der Waals surface area contributed by atoms with Gasteiger partial charge in [-0.15, -0.1) is 0 Å². The molecule has 0 aliphatic carbocycles. The Labute approximate surface area is 96.1 Å². The van der Waals surface area contributed by atoms with Crippen molar-refractivity contribution in [1.82, 2.24) is 4.98 Å². The van der Waals surface area contributed by atoms with Crippen molar-refractivity contribution in [3.8, 4) is 0 Å². The van der Waals surface area contributed by atoms with Gasteiger partial charge >= 0.3 is 0 Å². The van der Waals surface area contributed by atoms with Crippen molar-refractivity contribution in [2.45, 2.75) is 18.9 Å². The molecule has 1 aromatic carbocycles. The molecule has 0 spiro atoms. The number of nitrogens with zero attached hydrogens (tertiary/aromatic N) is 1. The Morgan fingerprint density at radius 1 is 1.00 bits per heavy atom. The SMILES string of the molecule is CC(c1ccccn1)C(N)c1ccccc1. The van der Waals surface area contributed by atoms with Crippen molar-refractivity contribution < 1.29 is 0 Å². The molecule has 0 bridgehead atoms. The second kappa shape index (κ2) is 4.90. The monoisotopic (exact) mass is 212 g/mol. The average Bonchev–Trinajstić information content (AvgIpc) is 2.39. The number of pyridine rings is 1. The van der Waals surface area contributed by atoms with Crippen LogP contribution in [0.5, 0.6) is 0 Å². The van der Waals surface area contributed by atoms with Crippen LogP contribution in [0.3, 0.4) is 0 Å². The lowest BCUT2D eigenvalue weighted by atomic mass is 9.92. The lowest BCUT2D eigenvalue weighted by molar-refractivity contribution is 0.584. The number of benzene rings is 1. The highest BCUT2D eigenvalue weighted by molar-refractivity contribution is 5.23. The maximum Gasteiger partial charge on any atom is 0.0450 e. The van der Waals surface area contributed by atoms with Gasteiger partial charge in [0.15, 0.2) is 0 Å². The topological polar surface area (TPSA) is 38.9 Å². The Hall–Kier alpha value is -1.67. The van der Waals surface area contributed by atoms with Gasteiger partial charge in [-0.05, 0) is 17.7 Å². The Kier molecular flexibility index (Phi) is 3.32. The fourth-order valence-corrected chi connectivity index (χ4v) is 1.79. The third kappa shape index (κ3) is 2.28. The summed E-state index contributed by atoms with van der Waals surface area (Å²) in [5.41, 5.74) is 8.42. The molecule has 2 aromatic rings. The molecule has 0 amide bonds. The van der Waals surface area contributed by atoms with Crippen molar-refractivity contribution in [3.05, 3.63) is 66.0 Å². The molecule has 2 rings (SSSR count). The Morgan fingerprint density at radius 2 is 1.69 bits per heavy atom. The molecule has 2 heteroatoms. The van der Waals surface area contributed by atoms with Gasteiger partial charge in [-0.25, -0.2) is 0 Å². The second-order valence-electron chi connectivity index (χ2n) is 3.98. The van der Waals surface area contributed by atoms with Crippen LogP contribution >= 0.6 is 0 Å². The van der Waals surface area contributed by atoms with E-state index in [-0.39, 0.29) is 12.0 Å². The molecule has 2 unspecified atom stereocenters. The number of hydrogen-bond acceptors (Lipinski definition) is 2. The summed E-state index contributed by atoms with van der Waals surface area (Å²) < 4.78 is 0. The molecule has 0 fully saturated rings. The van der Waals surface area contributed by atoms with Crippen molar-refractivity contribution >= 4 is 0 Å². The molecule has 2 N–H and O–H groups in total. The van der Waals surface area contributed by atoms with Gasteiger partial charge in [-0.1, -0.05) is 43.3 Å². The smallest absolute Gasteiger partial charge is 0.0450 e. The molecule has 1 heterocycles. The highest BCUT2D eigenvalue weighted by Gasteiger charge is 2.16. The average molecular weight is 212 g/mol. The summed E-state index contributed by atoms with van der Waals surface area (Å²) in [5, 5.41) is 0. The lowest BCUT2D eigenvalue weighted by Crippen LogP contribution is -2.18. The van der Waals surface area contributed by atoms with E-state index in [9.17, 15) is 0 Å². The molecular weight excluding hydrogens is 196 g/mol. The summed E-state index contributed by atoms with van der Waals surface area (Å²) in [6.07, 6.45) is 1.81. The van der Waals surface area contributed by atoms with Gasteiger partial charge in [0.1, 0.15) is 0 Å². The molecule has 0 saturated carbocycles. The van der Waals surface area contributed by atoms with E-state index in [0.29, 0.717) is 0 Å². The Morgan fingerprint density at radius 3 is 2.31 bits per heavy atom. The van der Waals surface area contributed by atoms with Crippen molar-refractivity contribution in [2.75, 3.05) is 0 Å². The molecule has 0 aliphatic rings. The molecule has 0 saturated heterocycles. The summed E-state index contributed by atoms with van der Waals surface area (Å²) >= 11 is 0. The molecule has 82 valence electrons. The Balaban J connectivity index is 2.20. The summed E-state index contributed by atoms with van der Waals surface area (Å²) in [4.78, 5) is 4.35. The standard InChI is InChI=1S/C14H16N2/c1-11(13-9-5-6-10-16-13)14(15)12-7-3-2-4-8-12/h2-11,14H,15H2,1H3. The lowest BCUT2D eigenvalue weighted by Gasteiger charge is -2.19. The van der Waals surface area contributed by atoms with Crippen LogP contribution in [0, 0.1) is 0 Å². The van der Waals surface area contributed by atoms with Crippen LogP contribution in [0.2, 0.25) is 0 Å². The molecule has 2 nitrogen and oxygen atoms in total. The van der Waals surface area contributed by atoms with E-state index in [1.165, 1.54) is 0 Å². The molecule has 0 aliphatic heterocycles. The highest BCUT2D eigenvalue weighted by atomic mass is 14.7. The Bertz CT molecular complexity index is 382. The molecular formula is C14H16N2. The molecule has 1 aromatic heterocycles. The summed E-state index contributed by atoms with van der Waals surface area (Å²) in [6, 6.07) is 16.1. The third-order valence-electron chi connectivity index (χ3n) is 2.88. The third-order valence-corrected chi connectivity index (χ3v) is 2.88. The van der Waals surface area contributed by atoms with Crippen LogP contribution in [0.15, 0.2) is 54.7 Å². The minimum absolute atomic E-state index is 0.00361. The van der Waals surface area contributed by atoms with Crippen molar-refractivity contribution in [3.63, 3.8) is 0 Å². The van der Waals surface area contributed by atoms with E-state index in [4.69, 9.17) is 5.73 Å². The van der Waals surface area contributed by atoms with Crippen LogP contribution in [0.25, 0.3) is 0 Å². The summed E-state index contributed by atoms with van der Waals surface area (Å²) in [5.74, 6) is 0.226. The van der Waals surface area contributed by atoms with Gasteiger partial charge in [0.2, 0.25) is 0 Å². The van der Waals surface area contributed by atoms with Crippen LogP contribution in [-0.2, 0) is 0 Å². The zero-order chi connectivity index (χ0) is 11.4. The largest absolute Gasteiger partial charge is 0.323 e. The van der Waals surface area contributed by atoms with Gasteiger partial charge in [0.05, 0.1) is 0 Å². The number of rotatable bonds is 3. The van der Waals surface area contributed by atoms with Gasteiger partial charge in [0, 0.05) is 23.9 Å². The first-order chi connectivity index (χ1) is 7.79. The van der Waals surface area contributed by atoms with E-state index >= 15 is 0 Å². The van der Waals surface area contributed by atoms with E-state index < -0.39 is 0 Å². The second-order valence-corrected chi connectivity index (χ2v) is 3.98. The van der Waals surface area contributed by atoms with Crippen LogP contribution in [0.1, 0.15) is 30.1 Å². The van der Waals surface area contributed by atoms with E-state index in [1.807, 2.05) is 42.6 Å². The molecule has 2 atom stereocenters. The minimum Gasteiger partial charge on any atom is -0.323 e. The fraction of sp³-hybridized carbons (Fsp3) is 0.214. The number of aromatic nitrogens is 1. The predicted octanol–water partition coefficient (Wildman–Crippen LogP) is 2.89. The van der Waals surface area contributed by atoms with Crippen LogP contribution in [0.4, 0.5) is 0 Å². The quantitative estimate of drug-likeness (QED) is 0.849.